The zero-order chi connectivity index (χ0) is 15.2. The average Bonchev–Trinajstić information content (AvgIpc) is 2.40. The third kappa shape index (κ3) is 17.8. The molecular formula is C12H22O12S2Zn. The molecule has 2 rings (SSSR count). The van der Waals surface area contributed by atoms with Gasteiger partial charge < -0.3 is 42.0 Å². The summed E-state index contributed by atoms with van der Waals surface area (Å²) in [6.07, 6.45) is 0. The molecule has 12 N–H and O–H groups in total. The average molecular weight is 488 g/mol. The molecule has 0 spiro atoms. The van der Waals surface area contributed by atoms with Crippen LogP contribution in [0.25, 0.3) is 0 Å². The molecule has 0 atom stereocenters. The van der Waals surface area contributed by atoms with Crippen molar-refractivity contribution in [3.63, 3.8) is 0 Å². The SMILES string of the molecule is O.O.O.O.O.O.O=S(=O)([O-])c1ccccc1.O=S(=O)([O-])c1ccccc1.[Zn+2]. The van der Waals surface area contributed by atoms with Crippen LogP contribution in [0.1, 0.15) is 0 Å². The fourth-order valence-electron chi connectivity index (χ4n) is 1.17. The summed E-state index contributed by atoms with van der Waals surface area (Å²) >= 11 is 0. The van der Waals surface area contributed by atoms with E-state index in [0.29, 0.717) is 0 Å². The van der Waals surface area contributed by atoms with E-state index < -0.39 is 20.2 Å². The van der Waals surface area contributed by atoms with Crippen LogP contribution in [0.5, 0.6) is 0 Å². The van der Waals surface area contributed by atoms with Gasteiger partial charge in [0.2, 0.25) is 0 Å². The van der Waals surface area contributed by atoms with Gasteiger partial charge >= 0.3 is 19.5 Å². The smallest absolute Gasteiger partial charge is 0.744 e. The van der Waals surface area contributed by atoms with Crippen LogP contribution in [0.3, 0.4) is 0 Å². The second kappa shape index (κ2) is 19.4. The molecule has 0 aliphatic carbocycles. The van der Waals surface area contributed by atoms with Crippen molar-refractivity contribution in [3.05, 3.63) is 60.7 Å². The Kier molecular flexibility index (Phi) is 32.2. The Morgan fingerprint density at radius 3 is 0.778 bits per heavy atom. The maximum atomic E-state index is 10.3. The predicted molar refractivity (Wildman–Crippen MR) is 90.5 cm³/mol. The molecule has 0 saturated carbocycles. The number of benzene rings is 2. The summed E-state index contributed by atoms with van der Waals surface area (Å²) in [6, 6.07) is 14.4. The van der Waals surface area contributed by atoms with Gasteiger partial charge in [0.1, 0.15) is 20.2 Å². The number of hydrogen-bond donors (Lipinski definition) is 0. The van der Waals surface area contributed by atoms with Gasteiger partial charge in [0.15, 0.2) is 0 Å². The van der Waals surface area contributed by atoms with Crippen LogP contribution in [0.2, 0.25) is 0 Å². The zero-order valence-electron chi connectivity index (χ0n) is 13.7. The van der Waals surface area contributed by atoms with Crippen LogP contribution in [0.4, 0.5) is 0 Å². The molecule has 0 fully saturated rings. The first kappa shape index (κ1) is 44.8. The van der Waals surface area contributed by atoms with Gasteiger partial charge in [0, 0.05) is 0 Å². The van der Waals surface area contributed by atoms with E-state index in [1.165, 1.54) is 48.5 Å². The Balaban J connectivity index is -0.0000000471. The van der Waals surface area contributed by atoms with Gasteiger partial charge in [-0.15, -0.1) is 0 Å². The summed E-state index contributed by atoms with van der Waals surface area (Å²) < 4.78 is 61.7. The van der Waals surface area contributed by atoms with E-state index >= 15 is 0 Å². The van der Waals surface area contributed by atoms with Gasteiger partial charge in [0.05, 0.1) is 9.79 Å². The van der Waals surface area contributed by atoms with Gasteiger partial charge in [-0.25, -0.2) is 16.8 Å². The summed E-state index contributed by atoms with van der Waals surface area (Å²) in [6.45, 7) is 0. The second-order valence-corrected chi connectivity index (χ2v) is 6.29. The summed E-state index contributed by atoms with van der Waals surface area (Å²) in [5, 5.41) is 0. The molecule has 2 aromatic rings. The van der Waals surface area contributed by atoms with E-state index in [0.717, 1.165) is 0 Å². The molecule has 0 unspecified atom stereocenters. The van der Waals surface area contributed by atoms with Crippen LogP contribution in [-0.4, -0.2) is 58.8 Å². The molecule has 2 aromatic carbocycles. The van der Waals surface area contributed by atoms with Crippen molar-refractivity contribution in [3.8, 4) is 0 Å². The molecule has 156 valence electrons. The van der Waals surface area contributed by atoms with E-state index in [2.05, 4.69) is 0 Å². The molecular weight excluding hydrogens is 466 g/mol. The second-order valence-electron chi connectivity index (χ2n) is 3.53. The standard InChI is InChI=1S/2C6H6O3S.6H2O.Zn/c2*7-10(8,9)6-4-2-1-3-5-6;;;;;;;/h2*1-5H,(H,7,8,9);6*1H2;/q;;;;;;;;+2/p-2. The van der Waals surface area contributed by atoms with E-state index in [9.17, 15) is 25.9 Å². The Bertz CT molecular complexity index is 684. The maximum absolute atomic E-state index is 10.3. The summed E-state index contributed by atoms with van der Waals surface area (Å²) in [5.74, 6) is 0. The van der Waals surface area contributed by atoms with Crippen LogP contribution >= 0.6 is 0 Å². The normalized spacial score (nSPS) is 8.37. The molecule has 12 nitrogen and oxygen atoms in total. The largest absolute Gasteiger partial charge is 2.00 e. The topological polar surface area (TPSA) is 303 Å². The van der Waals surface area contributed by atoms with Crippen molar-refractivity contribution in [2.24, 2.45) is 0 Å². The fourth-order valence-corrected chi connectivity index (χ4v) is 2.16. The maximum Gasteiger partial charge on any atom is 2.00 e. The monoisotopic (exact) mass is 486 g/mol. The van der Waals surface area contributed by atoms with Crippen LogP contribution in [0, 0.1) is 0 Å². The molecule has 0 aliphatic heterocycles. The molecule has 0 heterocycles. The number of hydrogen-bond acceptors (Lipinski definition) is 6. The van der Waals surface area contributed by atoms with Gasteiger partial charge in [-0.2, -0.15) is 0 Å². The van der Waals surface area contributed by atoms with E-state index in [1.54, 1.807) is 12.1 Å². The molecule has 0 aliphatic rings. The quantitative estimate of drug-likeness (QED) is 0.302. The minimum absolute atomic E-state index is 0. The van der Waals surface area contributed by atoms with Crippen molar-refractivity contribution in [1.82, 2.24) is 0 Å². The van der Waals surface area contributed by atoms with Gasteiger partial charge in [0.25, 0.3) is 0 Å². The fraction of sp³-hybridized carbons (Fsp3) is 0. The molecule has 0 aromatic heterocycles. The predicted octanol–water partition coefficient (Wildman–Crippen LogP) is -3.77. The zero-order valence-corrected chi connectivity index (χ0v) is 18.3. The molecule has 0 saturated heterocycles. The van der Waals surface area contributed by atoms with Crippen molar-refractivity contribution >= 4 is 20.2 Å². The Hall–Kier alpha value is -1.36. The van der Waals surface area contributed by atoms with Crippen LogP contribution < -0.4 is 0 Å². The number of rotatable bonds is 2. The summed E-state index contributed by atoms with van der Waals surface area (Å²) in [7, 11) is -8.51. The van der Waals surface area contributed by atoms with Crippen molar-refractivity contribution in [2.45, 2.75) is 9.79 Å². The van der Waals surface area contributed by atoms with E-state index in [1.807, 2.05) is 0 Å². The van der Waals surface area contributed by atoms with Crippen LogP contribution in [0.15, 0.2) is 70.5 Å². The third-order valence-electron chi connectivity index (χ3n) is 2.06. The van der Waals surface area contributed by atoms with E-state index in [4.69, 9.17) is 0 Å². The Morgan fingerprint density at radius 2 is 0.667 bits per heavy atom. The molecule has 0 bridgehead atoms. The van der Waals surface area contributed by atoms with Crippen molar-refractivity contribution < 1.29 is 78.3 Å². The minimum Gasteiger partial charge on any atom is -0.744 e. The molecule has 27 heavy (non-hydrogen) atoms. The Morgan fingerprint density at radius 1 is 0.481 bits per heavy atom. The van der Waals surface area contributed by atoms with Gasteiger partial charge in [-0.3, -0.25) is 0 Å². The van der Waals surface area contributed by atoms with Crippen molar-refractivity contribution in [2.75, 3.05) is 0 Å². The summed E-state index contributed by atoms with van der Waals surface area (Å²) in [5.41, 5.74) is 0. The summed E-state index contributed by atoms with van der Waals surface area (Å²) in [4.78, 5) is -0.370. The first-order valence-corrected chi connectivity index (χ1v) is 8.05. The van der Waals surface area contributed by atoms with Crippen molar-refractivity contribution in [1.29, 1.82) is 0 Å². The minimum atomic E-state index is -4.25. The van der Waals surface area contributed by atoms with Gasteiger partial charge in [-0.1, -0.05) is 36.4 Å². The third-order valence-corrected chi connectivity index (χ3v) is 3.76. The first-order valence-electron chi connectivity index (χ1n) is 5.23. The van der Waals surface area contributed by atoms with Gasteiger partial charge in [-0.05, 0) is 24.3 Å². The molecule has 0 radical (unpaired) electrons. The Labute approximate surface area is 169 Å². The van der Waals surface area contributed by atoms with E-state index in [-0.39, 0.29) is 62.1 Å². The van der Waals surface area contributed by atoms with Crippen LogP contribution in [-0.2, 0) is 39.7 Å². The first-order chi connectivity index (χ1) is 9.21. The molecule has 15 heteroatoms. The molecule has 0 amide bonds.